The van der Waals surface area contributed by atoms with E-state index in [1.165, 1.54) is 12.1 Å². The molecule has 13 nitrogen and oxygen atoms in total. The van der Waals surface area contributed by atoms with Gasteiger partial charge in [-0.1, -0.05) is 72.3 Å². The third kappa shape index (κ3) is 7.65. The Kier molecular flexibility index (Phi) is 10.7. The molecule has 0 radical (unpaired) electrons. The van der Waals surface area contributed by atoms with E-state index in [-0.39, 0.29) is 35.0 Å². The lowest BCUT2D eigenvalue weighted by Crippen LogP contribution is -2.37. The molecule has 1 fully saturated rings. The van der Waals surface area contributed by atoms with Gasteiger partial charge in [0, 0.05) is 48.2 Å². The number of phenols is 2. The summed E-state index contributed by atoms with van der Waals surface area (Å²) in [4.78, 5) is 56.2. The molecule has 1 aliphatic rings. The number of aryl methyl sites for hydroxylation is 1. The number of hydrogen-bond acceptors (Lipinski definition) is 7. The zero-order valence-corrected chi connectivity index (χ0v) is 32.4. The van der Waals surface area contributed by atoms with E-state index >= 15 is 0 Å². The Balaban J connectivity index is 0.000000164. The maximum absolute atomic E-state index is 12.5. The largest absolute Gasteiger partial charge is 0.507 e. The minimum Gasteiger partial charge on any atom is -0.507 e. The smallest absolute Gasteiger partial charge is 0.339 e. The monoisotopic (exact) mass is 813 g/mol. The van der Waals surface area contributed by atoms with Crippen LogP contribution in [0.2, 0.25) is 5.02 Å². The second-order valence-corrected chi connectivity index (χ2v) is 15.2. The number of benzene rings is 6. The number of carbonyl (C=O) groups is 2. The fourth-order valence-corrected chi connectivity index (χ4v) is 8.50. The zero-order valence-electron chi connectivity index (χ0n) is 31.7. The number of carboxylic acids is 2. The Morgan fingerprint density at radius 2 is 1.22 bits per heavy atom. The summed E-state index contributed by atoms with van der Waals surface area (Å²) in [5.41, 5.74) is 3.55. The summed E-state index contributed by atoms with van der Waals surface area (Å²) in [6.45, 7) is 3.53. The first kappa shape index (κ1) is 39.0. The molecule has 0 unspecified atom stereocenters. The molecule has 0 spiro atoms. The van der Waals surface area contributed by atoms with E-state index in [4.69, 9.17) is 11.6 Å². The van der Waals surface area contributed by atoms with Gasteiger partial charge >= 0.3 is 23.3 Å². The number of H-pyrrole nitrogens is 2. The van der Waals surface area contributed by atoms with Crippen LogP contribution < -0.4 is 11.4 Å². The second-order valence-electron chi connectivity index (χ2n) is 14.7. The first-order valence-corrected chi connectivity index (χ1v) is 19.6. The quantitative estimate of drug-likeness (QED) is 0.0845. The topological polar surface area (TPSA) is 194 Å². The van der Waals surface area contributed by atoms with Gasteiger partial charge in [0.2, 0.25) is 0 Å². The minimum absolute atomic E-state index is 0.0407. The van der Waals surface area contributed by atoms with E-state index in [0.717, 1.165) is 61.0 Å². The van der Waals surface area contributed by atoms with Crippen LogP contribution in [0, 0.1) is 0 Å². The highest BCUT2D eigenvalue weighted by molar-refractivity contribution is 6.31. The number of aromatic hydroxyl groups is 2. The molecule has 2 aromatic heterocycles. The Morgan fingerprint density at radius 1 is 0.661 bits per heavy atom. The van der Waals surface area contributed by atoms with Crippen LogP contribution in [0.1, 0.15) is 57.1 Å². The minimum atomic E-state index is -1.28. The molecule has 1 aliphatic heterocycles. The van der Waals surface area contributed by atoms with Crippen LogP contribution in [0.5, 0.6) is 11.5 Å². The lowest BCUT2D eigenvalue weighted by Gasteiger charge is -2.32. The number of nitrogens with one attached hydrogen (secondary N) is 2. The first-order valence-electron chi connectivity index (χ1n) is 19.2. The van der Waals surface area contributed by atoms with Gasteiger partial charge in [0.25, 0.3) is 0 Å². The molecule has 300 valence electrons. The number of piperidine rings is 1. The maximum atomic E-state index is 12.5. The molecule has 1 saturated heterocycles. The van der Waals surface area contributed by atoms with Gasteiger partial charge in [-0.15, -0.1) is 0 Å². The van der Waals surface area contributed by atoms with Crippen LogP contribution in [0.25, 0.3) is 43.6 Å². The Bertz CT molecular complexity index is 2930. The number of likely N-dealkylation sites (tertiary alicyclic amines) is 1. The summed E-state index contributed by atoms with van der Waals surface area (Å²) < 4.78 is 3.70. The average molecular weight is 814 g/mol. The van der Waals surface area contributed by atoms with E-state index in [1.54, 1.807) is 54.6 Å². The van der Waals surface area contributed by atoms with Crippen molar-refractivity contribution < 1.29 is 30.0 Å². The molecule has 59 heavy (non-hydrogen) atoms. The summed E-state index contributed by atoms with van der Waals surface area (Å²) in [7, 11) is 0. The summed E-state index contributed by atoms with van der Waals surface area (Å²) >= 11 is 6.05. The molecule has 0 bridgehead atoms. The predicted octanol–water partition coefficient (Wildman–Crippen LogP) is 7.74. The lowest BCUT2D eigenvalue weighted by molar-refractivity contribution is 0.0682. The van der Waals surface area contributed by atoms with E-state index in [0.29, 0.717) is 44.2 Å². The molecule has 3 heterocycles. The van der Waals surface area contributed by atoms with Crippen LogP contribution in [-0.4, -0.2) is 76.0 Å². The van der Waals surface area contributed by atoms with Crippen LogP contribution >= 0.6 is 11.6 Å². The normalized spacial score (nSPS) is 13.6. The Labute approximate surface area is 341 Å². The molecular weight excluding hydrogens is 774 g/mol. The summed E-state index contributed by atoms with van der Waals surface area (Å²) in [6, 6.07) is 30.3. The second kappa shape index (κ2) is 16.2. The highest BCUT2D eigenvalue weighted by Gasteiger charge is 2.25. The van der Waals surface area contributed by atoms with Crippen molar-refractivity contribution in [3.63, 3.8) is 0 Å². The third-order valence-corrected chi connectivity index (χ3v) is 11.4. The van der Waals surface area contributed by atoms with Crippen LogP contribution in [0.15, 0.2) is 113 Å². The fraction of sp³-hybridized carbons (Fsp3) is 0.200. The Morgan fingerprint density at radius 3 is 1.83 bits per heavy atom. The summed E-state index contributed by atoms with van der Waals surface area (Å²) in [5, 5.41) is 43.4. The third-order valence-electron chi connectivity index (χ3n) is 11.2. The summed E-state index contributed by atoms with van der Waals surface area (Å²) in [6.07, 6.45) is 2.74. The molecule has 6 aromatic carbocycles. The number of nitrogens with zero attached hydrogens (tertiary/aromatic N) is 3. The SMILES string of the molecule is O=C(O)c1cc2ccccc2c(Cc2c(O)c(C(=O)O)cc3ccccc23)c1O.O=c1[nH]c2ccccc2n1CCCN1CCC(n2c(=O)[nH]c3cc(Cl)ccc32)CC1. The number of aromatic nitrogens is 4. The highest BCUT2D eigenvalue weighted by atomic mass is 35.5. The number of fused-ring (bicyclic) bond motifs is 4. The van der Waals surface area contributed by atoms with Gasteiger partial charge in [0.15, 0.2) is 0 Å². The molecule has 0 saturated carbocycles. The molecular formula is C45H40ClN5O8. The molecule has 8 aromatic rings. The number of aromatic carboxylic acids is 2. The van der Waals surface area contributed by atoms with Crippen molar-refractivity contribution in [1.29, 1.82) is 0 Å². The van der Waals surface area contributed by atoms with Gasteiger partial charge in [0.05, 0.1) is 22.1 Å². The molecule has 14 heteroatoms. The predicted molar refractivity (Wildman–Crippen MR) is 227 cm³/mol. The van der Waals surface area contributed by atoms with Crippen molar-refractivity contribution in [2.24, 2.45) is 0 Å². The Hall–Kier alpha value is -6.83. The van der Waals surface area contributed by atoms with Crippen molar-refractivity contribution in [3.8, 4) is 11.5 Å². The van der Waals surface area contributed by atoms with E-state index in [2.05, 4.69) is 14.9 Å². The number of halogens is 1. The molecule has 0 atom stereocenters. The van der Waals surface area contributed by atoms with Crippen molar-refractivity contribution >= 4 is 67.2 Å². The van der Waals surface area contributed by atoms with Gasteiger partial charge in [-0.3, -0.25) is 9.13 Å². The van der Waals surface area contributed by atoms with Gasteiger partial charge < -0.3 is 35.3 Å². The average Bonchev–Trinajstić information content (AvgIpc) is 3.73. The van der Waals surface area contributed by atoms with Crippen LogP contribution in [-0.2, 0) is 13.0 Å². The first-order chi connectivity index (χ1) is 28.5. The zero-order chi connectivity index (χ0) is 41.4. The number of para-hydroxylation sites is 2. The highest BCUT2D eigenvalue weighted by Crippen LogP contribution is 2.39. The number of carboxylic acid groups (broad SMARTS) is 2. The van der Waals surface area contributed by atoms with Crippen LogP contribution in [0.3, 0.4) is 0 Å². The van der Waals surface area contributed by atoms with Gasteiger partial charge in [0.1, 0.15) is 22.6 Å². The number of hydrogen-bond donors (Lipinski definition) is 6. The van der Waals surface area contributed by atoms with E-state index in [9.17, 15) is 39.6 Å². The molecule has 0 amide bonds. The fourth-order valence-electron chi connectivity index (χ4n) is 8.33. The summed E-state index contributed by atoms with van der Waals surface area (Å²) in [5.74, 6) is -3.36. The lowest BCUT2D eigenvalue weighted by atomic mass is 9.90. The van der Waals surface area contributed by atoms with E-state index < -0.39 is 23.4 Å². The van der Waals surface area contributed by atoms with Crippen LogP contribution in [0.4, 0.5) is 0 Å². The number of imidazole rings is 2. The number of rotatable bonds is 9. The molecule has 0 aliphatic carbocycles. The number of aromatic amines is 2. The standard InChI is InChI=1S/C23H16O6.C22H24ClN5O2/c24-20-16(14-7-3-1-5-12(14)9-18(20)22(26)27)11-17-15-8-4-2-6-13(15)10-19(21(17)25)23(28)29;23-15-6-7-20-18(14-15)25-22(30)28(20)16-8-12-26(13-9-16)10-3-11-27-19-5-2-1-4-17(19)24-21(27)29/h1-10,24-25H,11H2,(H,26,27)(H,28,29);1-2,4-7,14,16H,3,8-13H2,(H,24,29)(H,25,30). The van der Waals surface area contributed by atoms with E-state index in [1.807, 2.05) is 45.5 Å². The van der Waals surface area contributed by atoms with Crippen molar-refractivity contribution in [1.82, 2.24) is 24.0 Å². The molecule has 9 rings (SSSR count). The van der Waals surface area contributed by atoms with Gasteiger partial charge in [-0.25, -0.2) is 19.2 Å². The van der Waals surface area contributed by atoms with Crippen molar-refractivity contribution in [3.05, 3.63) is 151 Å². The van der Waals surface area contributed by atoms with Gasteiger partial charge in [-0.05, 0) is 89.8 Å². The van der Waals surface area contributed by atoms with Crippen molar-refractivity contribution in [2.75, 3.05) is 19.6 Å². The van der Waals surface area contributed by atoms with Crippen molar-refractivity contribution in [2.45, 2.75) is 38.3 Å². The van der Waals surface area contributed by atoms with Gasteiger partial charge in [-0.2, -0.15) is 0 Å². The maximum Gasteiger partial charge on any atom is 0.339 e. The molecule has 6 N–H and O–H groups in total.